The van der Waals surface area contributed by atoms with Crippen molar-refractivity contribution in [2.45, 2.75) is 32.0 Å². The molecule has 1 atom stereocenters. The molecule has 1 saturated heterocycles. The SMILES string of the molecule is CC1(F)CCN(CCn2nc(Cc3cnccc3C(=O)O)c3cc(F)ccc32)C1. The molecule has 2 aromatic heterocycles. The number of hydrogen-bond acceptors (Lipinski definition) is 4. The molecule has 4 rings (SSSR count). The smallest absolute Gasteiger partial charge is 0.336 e. The predicted octanol–water partition coefficient (Wildman–Crippen LogP) is 3.29. The van der Waals surface area contributed by atoms with Crippen LogP contribution in [0.25, 0.3) is 10.9 Å². The highest BCUT2D eigenvalue weighted by Gasteiger charge is 2.33. The number of benzene rings is 1. The number of halogens is 2. The highest BCUT2D eigenvalue weighted by atomic mass is 19.1. The van der Waals surface area contributed by atoms with Gasteiger partial charge in [-0.05, 0) is 43.2 Å². The van der Waals surface area contributed by atoms with Gasteiger partial charge in [-0.3, -0.25) is 14.6 Å². The zero-order valence-electron chi connectivity index (χ0n) is 16.1. The van der Waals surface area contributed by atoms with Gasteiger partial charge >= 0.3 is 5.97 Å². The Morgan fingerprint density at radius 1 is 1.31 bits per heavy atom. The number of aromatic carboxylic acids is 1. The number of carboxylic acid groups (broad SMARTS) is 1. The molecule has 6 nitrogen and oxygen atoms in total. The molecule has 1 fully saturated rings. The van der Waals surface area contributed by atoms with E-state index in [-0.39, 0.29) is 17.8 Å². The van der Waals surface area contributed by atoms with Crippen LogP contribution in [0, 0.1) is 5.82 Å². The lowest BCUT2D eigenvalue weighted by Gasteiger charge is -2.17. The summed E-state index contributed by atoms with van der Waals surface area (Å²) in [6, 6.07) is 5.91. The fourth-order valence-corrected chi connectivity index (χ4v) is 3.92. The van der Waals surface area contributed by atoms with E-state index < -0.39 is 11.6 Å². The van der Waals surface area contributed by atoms with Crippen molar-refractivity contribution in [3.63, 3.8) is 0 Å². The van der Waals surface area contributed by atoms with Gasteiger partial charge in [-0.25, -0.2) is 13.6 Å². The molecule has 1 aliphatic heterocycles. The Kier molecular flexibility index (Phi) is 5.04. The quantitative estimate of drug-likeness (QED) is 0.688. The van der Waals surface area contributed by atoms with Gasteiger partial charge in [0.15, 0.2) is 0 Å². The van der Waals surface area contributed by atoms with E-state index in [1.165, 1.54) is 30.6 Å². The monoisotopic (exact) mass is 400 g/mol. The highest BCUT2D eigenvalue weighted by molar-refractivity contribution is 5.89. The lowest BCUT2D eigenvalue weighted by atomic mass is 10.0. The maximum absolute atomic E-state index is 14.1. The number of nitrogens with zero attached hydrogens (tertiary/aromatic N) is 4. The second kappa shape index (κ2) is 7.51. The molecule has 0 aliphatic carbocycles. The second-order valence-electron chi connectivity index (χ2n) is 7.79. The van der Waals surface area contributed by atoms with Gasteiger partial charge in [-0.2, -0.15) is 5.10 Å². The van der Waals surface area contributed by atoms with E-state index in [9.17, 15) is 18.7 Å². The summed E-state index contributed by atoms with van der Waals surface area (Å²) in [5.74, 6) is -1.42. The molecule has 1 aromatic carbocycles. The molecule has 152 valence electrons. The van der Waals surface area contributed by atoms with Gasteiger partial charge < -0.3 is 5.11 Å². The van der Waals surface area contributed by atoms with E-state index in [4.69, 9.17) is 0 Å². The molecule has 1 N–H and O–H groups in total. The largest absolute Gasteiger partial charge is 0.478 e. The minimum absolute atomic E-state index is 0.151. The maximum Gasteiger partial charge on any atom is 0.336 e. The molecule has 29 heavy (non-hydrogen) atoms. The molecular formula is C21H22F2N4O2. The van der Waals surface area contributed by atoms with Crippen molar-refractivity contribution in [1.82, 2.24) is 19.7 Å². The minimum Gasteiger partial charge on any atom is -0.478 e. The summed E-state index contributed by atoms with van der Waals surface area (Å²) < 4.78 is 29.8. The summed E-state index contributed by atoms with van der Waals surface area (Å²) >= 11 is 0. The molecule has 1 unspecified atom stereocenters. The van der Waals surface area contributed by atoms with Crippen LogP contribution < -0.4 is 0 Å². The molecule has 3 heterocycles. The lowest BCUT2D eigenvalue weighted by molar-refractivity contribution is 0.0695. The third kappa shape index (κ3) is 4.12. The molecular weight excluding hydrogens is 378 g/mol. The van der Waals surface area contributed by atoms with Crippen molar-refractivity contribution >= 4 is 16.9 Å². The van der Waals surface area contributed by atoms with E-state index in [0.717, 1.165) is 5.52 Å². The third-order valence-electron chi connectivity index (χ3n) is 5.41. The maximum atomic E-state index is 14.1. The van der Waals surface area contributed by atoms with Crippen LogP contribution in [0.2, 0.25) is 0 Å². The number of fused-ring (bicyclic) bond motifs is 1. The van der Waals surface area contributed by atoms with Gasteiger partial charge in [0, 0.05) is 43.8 Å². The summed E-state index contributed by atoms with van der Waals surface area (Å²) in [6.45, 7) is 3.89. The van der Waals surface area contributed by atoms with Gasteiger partial charge in [0.25, 0.3) is 0 Å². The zero-order valence-corrected chi connectivity index (χ0v) is 16.1. The lowest BCUT2D eigenvalue weighted by Crippen LogP contribution is -2.29. The topological polar surface area (TPSA) is 71.2 Å². The summed E-state index contributed by atoms with van der Waals surface area (Å²) in [5.41, 5.74) is 0.867. The molecule has 3 aromatic rings. The van der Waals surface area contributed by atoms with E-state index >= 15 is 0 Å². The van der Waals surface area contributed by atoms with Crippen LogP contribution in [0.5, 0.6) is 0 Å². The standard InChI is InChI=1S/C21H22F2N4O2/c1-21(23)5-7-26(13-21)8-9-27-19-3-2-15(22)11-17(19)18(25-27)10-14-12-24-6-4-16(14)20(28)29/h2-4,6,11-12H,5,7-10,13H2,1H3,(H,28,29). The fourth-order valence-electron chi connectivity index (χ4n) is 3.92. The molecule has 0 saturated carbocycles. The number of likely N-dealkylation sites (tertiary alicyclic amines) is 1. The Hall–Kier alpha value is -2.87. The summed E-state index contributed by atoms with van der Waals surface area (Å²) in [6.07, 6.45) is 3.68. The Morgan fingerprint density at radius 2 is 2.14 bits per heavy atom. The van der Waals surface area contributed by atoms with Gasteiger partial charge in [-0.15, -0.1) is 0 Å². The van der Waals surface area contributed by atoms with Crippen molar-refractivity contribution < 1.29 is 18.7 Å². The minimum atomic E-state index is -1.16. The average Bonchev–Trinajstić information content (AvgIpc) is 3.19. The Morgan fingerprint density at radius 3 is 2.86 bits per heavy atom. The Balaban J connectivity index is 1.63. The summed E-state index contributed by atoms with van der Waals surface area (Å²) in [4.78, 5) is 17.6. The first kappa shape index (κ1) is 19.4. The van der Waals surface area contributed by atoms with Crippen LogP contribution in [-0.4, -0.2) is 56.0 Å². The van der Waals surface area contributed by atoms with Crippen molar-refractivity contribution in [3.8, 4) is 0 Å². The first-order valence-electron chi connectivity index (χ1n) is 9.55. The Bertz CT molecular complexity index is 1060. The van der Waals surface area contributed by atoms with Crippen molar-refractivity contribution in [3.05, 3.63) is 59.3 Å². The molecule has 0 spiro atoms. The van der Waals surface area contributed by atoms with Crippen LogP contribution in [0.15, 0.2) is 36.7 Å². The number of aromatic nitrogens is 3. The molecule has 0 radical (unpaired) electrons. The second-order valence-corrected chi connectivity index (χ2v) is 7.79. The normalized spacial score (nSPS) is 19.8. The van der Waals surface area contributed by atoms with Crippen LogP contribution in [0.4, 0.5) is 8.78 Å². The molecule has 1 aliphatic rings. The van der Waals surface area contributed by atoms with Crippen LogP contribution in [0.1, 0.15) is 35.0 Å². The summed E-state index contributed by atoms with van der Waals surface area (Å²) in [5, 5.41) is 14.7. The van der Waals surface area contributed by atoms with Crippen LogP contribution in [0.3, 0.4) is 0 Å². The van der Waals surface area contributed by atoms with Crippen LogP contribution >= 0.6 is 0 Å². The van der Waals surface area contributed by atoms with Gasteiger partial charge in [-0.1, -0.05) is 0 Å². The number of hydrogen-bond donors (Lipinski definition) is 1. The number of carboxylic acids is 1. The molecule has 0 amide bonds. The summed E-state index contributed by atoms with van der Waals surface area (Å²) in [7, 11) is 0. The van der Waals surface area contributed by atoms with Crippen molar-refractivity contribution in [1.29, 1.82) is 0 Å². The van der Waals surface area contributed by atoms with Gasteiger partial charge in [0.2, 0.25) is 0 Å². The van der Waals surface area contributed by atoms with Crippen molar-refractivity contribution in [2.75, 3.05) is 19.6 Å². The van der Waals surface area contributed by atoms with E-state index in [2.05, 4.69) is 15.0 Å². The van der Waals surface area contributed by atoms with Gasteiger partial charge in [0.05, 0.1) is 23.3 Å². The predicted molar refractivity (Wildman–Crippen MR) is 104 cm³/mol. The van der Waals surface area contributed by atoms with E-state index in [0.29, 0.717) is 49.2 Å². The molecule has 8 heteroatoms. The molecule has 0 bridgehead atoms. The average molecular weight is 400 g/mol. The van der Waals surface area contributed by atoms with E-state index in [1.54, 1.807) is 17.7 Å². The number of carbonyl (C=O) groups is 1. The van der Waals surface area contributed by atoms with E-state index in [1.807, 2.05) is 0 Å². The third-order valence-corrected chi connectivity index (χ3v) is 5.41. The van der Waals surface area contributed by atoms with Crippen LogP contribution in [-0.2, 0) is 13.0 Å². The fraction of sp³-hybridized carbons (Fsp3) is 0.381. The number of alkyl halides is 1. The zero-order chi connectivity index (χ0) is 20.6. The highest BCUT2D eigenvalue weighted by Crippen LogP contribution is 2.26. The van der Waals surface area contributed by atoms with Crippen molar-refractivity contribution in [2.24, 2.45) is 0 Å². The number of rotatable bonds is 6. The number of pyridine rings is 1. The Labute approximate surface area is 166 Å². The van der Waals surface area contributed by atoms with Gasteiger partial charge in [0.1, 0.15) is 11.5 Å². The first-order valence-corrected chi connectivity index (χ1v) is 9.55. The first-order chi connectivity index (χ1) is 13.8.